The Hall–Kier alpha value is -1.75. The van der Waals surface area contributed by atoms with E-state index in [0.717, 1.165) is 0 Å². The summed E-state index contributed by atoms with van der Waals surface area (Å²) in [7, 11) is 0. The minimum atomic E-state index is -1.08. The van der Waals surface area contributed by atoms with E-state index in [-0.39, 0.29) is 16.7 Å². The van der Waals surface area contributed by atoms with E-state index in [1.54, 1.807) is 6.07 Å². The maximum Gasteiger partial charge on any atom is 0.344 e. The van der Waals surface area contributed by atoms with Gasteiger partial charge in [-0.2, -0.15) is 0 Å². The third kappa shape index (κ3) is 3.96. The number of nitrogens with one attached hydrogen (secondary N) is 1. The molecule has 0 saturated carbocycles. The van der Waals surface area contributed by atoms with Gasteiger partial charge in [-0.05, 0) is 25.1 Å². The molecule has 5 nitrogen and oxygen atoms in total. The number of aliphatic carboxylic acids is 1. The van der Waals surface area contributed by atoms with Crippen molar-refractivity contribution in [1.82, 2.24) is 0 Å². The fraction of sp³-hybridized carbons (Fsp3) is 0.273. The maximum atomic E-state index is 10.8. The molecule has 92 valence electrons. The highest BCUT2D eigenvalue weighted by molar-refractivity contribution is 6.32. The molecule has 1 unspecified atom stereocenters. The molecule has 0 radical (unpaired) electrons. The van der Waals surface area contributed by atoms with Crippen LogP contribution in [0.25, 0.3) is 0 Å². The predicted octanol–water partition coefficient (Wildman–Crippen LogP) is 2.15. The van der Waals surface area contributed by atoms with Crippen LogP contribution in [0.3, 0.4) is 0 Å². The lowest BCUT2D eigenvalue weighted by molar-refractivity contribution is -0.144. The number of hydrogen-bond donors (Lipinski definition) is 2. The molecule has 2 N–H and O–H groups in total. The fourth-order valence-electron chi connectivity index (χ4n) is 1.12. The van der Waals surface area contributed by atoms with Crippen molar-refractivity contribution in [2.24, 2.45) is 0 Å². The first-order chi connectivity index (χ1) is 7.90. The zero-order chi connectivity index (χ0) is 13.0. The zero-order valence-corrected chi connectivity index (χ0v) is 10.1. The van der Waals surface area contributed by atoms with Gasteiger partial charge in [0.1, 0.15) is 5.75 Å². The van der Waals surface area contributed by atoms with Gasteiger partial charge in [0.15, 0.2) is 6.10 Å². The number of halogens is 1. The molecule has 0 aliphatic carbocycles. The van der Waals surface area contributed by atoms with Crippen molar-refractivity contribution in [3.63, 3.8) is 0 Å². The van der Waals surface area contributed by atoms with Crippen molar-refractivity contribution in [3.8, 4) is 5.75 Å². The van der Waals surface area contributed by atoms with Crippen LogP contribution >= 0.6 is 11.6 Å². The summed E-state index contributed by atoms with van der Waals surface area (Å²) in [6.45, 7) is 2.78. The Bertz CT molecular complexity index is 447. The lowest BCUT2D eigenvalue weighted by Crippen LogP contribution is -2.23. The molecule has 1 aromatic carbocycles. The van der Waals surface area contributed by atoms with Crippen LogP contribution in [-0.4, -0.2) is 23.1 Å². The van der Waals surface area contributed by atoms with Gasteiger partial charge in [-0.3, -0.25) is 4.79 Å². The molecular weight excluding hydrogens is 246 g/mol. The van der Waals surface area contributed by atoms with Crippen LogP contribution in [0.4, 0.5) is 5.69 Å². The Morgan fingerprint density at radius 1 is 1.47 bits per heavy atom. The van der Waals surface area contributed by atoms with Crippen LogP contribution in [-0.2, 0) is 9.59 Å². The molecule has 0 fully saturated rings. The van der Waals surface area contributed by atoms with Crippen molar-refractivity contribution in [1.29, 1.82) is 0 Å². The van der Waals surface area contributed by atoms with E-state index in [2.05, 4.69) is 5.32 Å². The molecule has 0 spiro atoms. The number of benzene rings is 1. The lowest BCUT2D eigenvalue weighted by atomic mass is 10.3. The van der Waals surface area contributed by atoms with E-state index >= 15 is 0 Å². The topological polar surface area (TPSA) is 75.6 Å². The second-order valence-electron chi connectivity index (χ2n) is 3.42. The number of ether oxygens (including phenoxy) is 1. The number of hydrogen-bond acceptors (Lipinski definition) is 3. The van der Waals surface area contributed by atoms with Crippen LogP contribution < -0.4 is 10.1 Å². The van der Waals surface area contributed by atoms with Gasteiger partial charge in [0, 0.05) is 12.6 Å². The van der Waals surface area contributed by atoms with Crippen LogP contribution in [0.15, 0.2) is 18.2 Å². The standard InChI is InChI=1S/C11H12ClNO4/c1-6(11(15)16)17-10-4-3-8(5-9(10)12)13-7(2)14/h3-6H,1-2H3,(H,13,14)(H,15,16). The quantitative estimate of drug-likeness (QED) is 0.867. The third-order valence-corrected chi connectivity index (χ3v) is 2.20. The average molecular weight is 258 g/mol. The largest absolute Gasteiger partial charge is 0.479 e. The van der Waals surface area contributed by atoms with Crippen molar-refractivity contribution in [3.05, 3.63) is 23.2 Å². The summed E-state index contributed by atoms with van der Waals surface area (Å²) in [5, 5.41) is 11.5. The number of carbonyl (C=O) groups is 2. The van der Waals surface area contributed by atoms with Crippen LogP contribution in [0.5, 0.6) is 5.75 Å². The summed E-state index contributed by atoms with van der Waals surface area (Å²) in [6.07, 6.45) is -0.987. The number of anilines is 1. The Morgan fingerprint density at radius 2 is 2.12 bits per heavy atom. The molecule has 1 aromatic rings. The van der Waals surface area contributed by atoms with Gasteiger partial charge >= 0.3 is 5.97 Å². The molecule has 6 heteroatoms. The molecule has 17 heavy (non-hydrogen) atoms. The summed E-state index contributed by atoms with van der Waals surface area (Å²) >= 11 is 5.89. The van der Waals surface area contributed by atoms with E-state index in [9.17, 15) is 9.59 Å². The smallest absolute Gasteiger partial charge is 0.344 e. The summed E-state index contributed by atoms with van der Waals surface area (Å²) in [6, 6.07) is 4.58. The molecule has 1 rings (SSSR count). The van der Waals surface area contributed by atoms with Crippen LogP contribution in [0, 0.1) is 0 Å². The molecule has 1 amide bonds. The molecule has 0 aliphatic rings. The Kier molecular flexibility index (Phi) is 4.34. The van der Waals surface area contributed by atoms with E-state index in [1.807, 2.05) is 0 Å². The van der Waals surface area contributed by atoms with Gasteiger partial charge in [0.2, 0.25) is 5.91 Å². The van der Waals surface area contributed by atoms with Crippen molar-refractivity contribution in [2.45, 2.75) is 20.0 Å². The van der Waals surface area contributed by atoms with Crippen LogP contribution in [0.2, 0.25) is 5.02 Å². The fourth-order valence-corrected chi connectivity index (χ4v) is 1.34. The first-order valence-electron chi connectivity index (χ1n) is 4.86. The minimum absolute atomic E-state index is 0.214. The SMILES string of the molecule is CC(=O)Nc1ccc(OC(C)C(=O)O)c(Cl)c1. The first-order valence-corrected chi connectivity index (χ1v) is 5.24. The number of amides is 1. The molecule has 0 bridgehead atoms. The zero-order valence-electron chi connectivity index (χ0n) is 9.36. The number of rotatable bonds is 4. The van der Waals surface area contributed by atoms with E-state index in [0.29, 0.717) is 5.69 Å². The summed E-state index contributed by atoms with van der Waals surface area (Å²) < 4.78 is 5.12. The van der Waals surface area contributed by atoms with E-state index in [4.69, 9.17) is 21.4 Å². The molecular formula is C11H12ClNO4. The van der Waals surface area contributed by atoms with E-state index in [1.165, 1.54) is 26.0 Å². The van der Waals surface area contributed by atoms with Gasteiger partial charge in [-0.15, -0.1) is 0 Å². The average Bonchev–Trinajstić information content (AvgIpc) is 2.20. The minimum Gasteiger partial charge on any atom is -0.479 e. The third-order valence-electron chi connectivity index (χ3n) is 1.90. The van der Waals surface area contributed by atoms with Gasteiger partial charge < -0.3 is 15.2 Å². The van der Waals surface area contributed by atoms with Crippen molar-refractivity contribution >= 4 is 29.2 Å². The van der Waals surface area contributed by atoms with Crippen molar-refractivity contribution in [2.75, 3.05) is 5.32 Å². The summed E-state index contributed by atoms with van der Waals surface area (Å²) in [4.78, 5) is 21.4. The number of carbonyl (C=O) groups excluding carboxylic acids is 1. The summed E-state index contributed by atoms with van der Waals surface area (Å²) in [5.41, 5.74) is 0.526. The Balaban J connectivity index is 2.82. The van der Waals surface area contributed by atoms with Gasteiger partial charge in [0.25, 0.3) is 0 Å². The van der Waals surface area contributed by atoms with E-state index < -0.39 is 12.1 Å². The monoisotopic (exact) mass is 257 g/mol. The highest BCUT2D eigenvalue weighted by Crippen LogP contribution is 2.28. The Morgan fingerprint density at radius 3 is 2.59 bits per heavy atom. The Labute approximate surface area is 103 Å². The number of carboxylic acid groups (broad SMARTS) is 1. The number of carboxylic acids is 1. The second-order valence-corrected chi connectivity index (χ2v) is 3.83. The first kappa shape index (κ1) is 13.3. The molecule has 0 aromatic heterocycles. The maximum absolute atomic E-state index is 10.8. The summed E-state index contributed by atoms with van der Waals surface area (Å²) in [5.74, 6) is -1.03. The molecule has 0 heterocycles. The molecule has 1 atom stereocenters. The highest BCUT2D eigenvalue weighted by Gasteiger charge is 2.14. The van der Waals surface area contributed by atoms with Gasteiger partial charge in [-0.25, -0.2) is 4.79 Å². The van der Waals surface area contributed by atoms with Gasteiger partial charge in [-0.1, -0.05) is 11.6 Å². The molecule has 0 aliphatic heterocycles. The predicted molar refractivity (Wildman–Crippen MR) is 63.5 cm³/mol. The molecule has 0 saturated heterocycles. The highest BCUT2D eigenvalue weighted by atomic mass is 35.5. The normalized spacial score (nSPS) is 11.7. The van der Waals surface area contributed by atoms with Crippen LogP contribution in [0.1, 0.15) is 13.8 Å². The lowest BCUT2D eigenvalue weighted by Gasteiger charge is -2.12. The van der Waals surface area contributed by atoms with Gasteiger partial charge in [0.05, 0.1) is 5.02 Å². The van der Waals surface area contributed by atoms with Crippen molar-refractivity contribution < 1.29 is 19.4 Å². The second kappa shape index (κ2) is 5.54.